The quantitative estimate of drug-likeness (QED) is 0.713. The van der Waals surface area contributed by atoms with Crippen molar-refractivity contribution in [2.75, 3.05) is 20.1 Å². The Morgan fingerprint density at radius 2 is 1.56 bits per heavy atom. The van der Waals surface area contributed by atoms with E-state index in [0.717, 1.165) is 23.9 Å². The highest BCUT2D eigenvalue weighted by Gasteiger charge is 2.28. The minimum atomic E-state index is 0.760. The first-order chi connectivity index (χ1) is 8.52. The molecule has 1 aliphatic rings. The highest BCUT2D eigenvalue weighted by atomic mass is 15.2. The van der Waals surface area contributed by atoms with Crippen LogP contribution in [-0.2, 0) is 0 Å². The molecule has 0 spiro atoms. The second kappa shape index (κ2) is 8.16. The van der Waals surface area contributed by atoms with Gasteiger partial charge in [0.15, 0.2) is 0 Å². The number of nitrogens with zero attached hydrogens (tertiary/aromatic N) is 1. The fourth-order valence-electron chi connectivity index (χ4n) is 2.88. The minimum Gasteiger partial charge on any atom is -0.317 e. The Kier molecular flexibility index (Phi) is 7.25. The molecular weight excluding hydrogens is 220 g/mol. The molecule has 2 unspecified atom stereocenters. The molecule has 2 heteroatoms. The highest BCUT2D eigenvalue weighted by molar-refractivity contribution is 4.86. The Morgan fingerprint density at radius 1 is 1.00 bits per heavy atom. The first-order valence-corrected chi connectivity index (χ1v) is 7.94. The van der Waals surface area contributed by atoms with Crippen molar-refractivity contribution in [1.29, 1.82) is 0 Å². The van der Waals surface area contributed by atoms with E-state index in [0.29, 0.717) is 0 Å². The van der Waals surface area contributed by atoms with Crippen LogP contribution in [0.2, 0.25) is 0 Å². The summed E-state index contributed by atoms with van der Waals surface area (Å²) in [6.07, 6.45) is 6.80. The third kappa shape index (κ3) is 5.71. The molecule has 1 aliphatic carbocycles. The summed E-state index contributed by atoms with van der Waals surface area (Å²) in [5.74, 6) is 1.65. The molecule has 1 fully saturated rings. The summed E-state index contributed by atoms with van der Waals surface area (Å²) < 4.78 is 0. The Labute approximate surface area is 115 Å². The molecule has 0 aromatic heterocycles. The van der Waals surface area contributed by atoms with E-state index in [1.807, 2.05) is 0 Å². The average molecular weight is 254 g/mol. The number of nitrogens with one attached hydrogen (secondary N) is 1. The minimum absolute atomic E-state index is 0.760. The summed E-state index contributed by atoms with van der Waals surface area (Å²) in [6.45, 7) is 12.0. The standard InChI is InChI=1S/C16H34N2/c1-13(2)8-10-18(11-9-14(3)4)16-7-6-15(12-16)17-5/h13-17H,6-12H2,1-5H3. The van der Waals surface area contributed by atoms with Gasteiger partial charge in [0.1, 0.15) is 0 Å². The van der Waals surface area contributed by atoms with Crippen molar-refractivity contribution in [3.05, 3.63) is 0 Å². The van der Waals surface area contributed by atoms with Crippen molar-refractivity contribution in [1.82, 2.24) is 10.2 Å². The predicted octanol–water partition coefficient (Wildman–Crippen LogP) is 3.52. The molecule has 18 heavy (non-hydrogen) atoms. The van der Waals surface area contributed by atoms with Crippen LogP contribution in [0.15, 0.2) is 0 Å². The fraction of sp³-hybridized carbons (Fsp3) is 1.00. The molecule has 2 atom stereocenters. The summed E-state index contributed by atoms with van der Waals surface area (Å²) in [4.78, 5) is 2.78. The summed E-state index contributed by atoms with van der Waals surface area (Å²) in [6, 6.07) is 1.59. The monoisotopic (exact) mass is 254 g/mol. The summed E-state index contributed by atoms with van der Waals surface area (Å²) in [5.41, 5.74) is 0. The zero-order chi connectivity index (χ0) is 13.5. The fourth-order valence-corrected chi connectivity index (χ4v) is 2.88. The van der Waals surface area contributed by atoms with Crippen molar-refractivity contribution in [2.24, 2.45) is 11.8 Å². The van der Waals surface area contributed by atoms with Crippen LogP contribution in [0.4, 0.5) is 0 Å². The molecule has 0 aromatic carbocycles. The van der Waals surface area contributed by atoms with Crippen LogP contribution in [0.25, 0.3) is 0 Å². The zero-order valence-corrected chi connectivity index (χ0v) is 13.2. The maximum Gasteiger partial charge on any atom is 0.0111 e. The van der Waals surface area contributed by atoms with Crippen molar-refractivity contribution in [3.63, 3.8) is 0 Å². The lowest BCUT2D eigenvalue weighted by Crippen LogP contribution is -2.37. The average Bonchev–Trinajstić information content (AvgIpc) is 2.77. The van der Waals surface area contributed by atoms with Gasteiger partial charge in [0.25, 0.3) is 0 Å². The first kappa shape index (κ1) is 16.0. The van der Waals surface area contributed by atoms with Crippen molar-refractivity contribution in [2.45, 2.75) is 71.9 Å². The van der Waals surface area contributed by atoms with Gasteiger partial charge in [0, 0.05) is 12.1 Å². The zero-order valence-electron chi connectivity index (χ0n) is 13.2. The van der Waals surface area contributed by atoms with Crippen LogP contribution in [0.1, 0.15) is 59.8 Å². The molecule has 0 amide bonds. The van der Waals surface area contributed by atoms with Crippen LogP contribution in [0, 0.1) is 11.8 Å². The maximum absolute atomic E-state index is 3.45. The molecule has 1 saturated carbocycles. The highest BCUT2D eigenvalue weighted by Crippen LogP contribution is 2.25. The normalized spacial score (nSPS) is 24.7. The topological polar surface area (TPSA) is 15.3 Å². The lowest BCUT2D eigenvalue weighted by molar-refractivity contribution is 0.176. The van der Waals surface area contributed by atoms with Gasteiger partial charge < -0.3 is 10.2 Å². The van der Waals surface area contributed by atoms with E-state index in [4.69, 9.17) is 0 Å². The second-order valence-corrected chi connectivity index (χ2v) is 6.85. The third-order valence-electron chi connectivity index (χ3n) is 4.32. The predicted molar refractivity (Wildman–Crippen MR) is 81.0 cm³/mol. The Morgan fingerprint density at radius 3 is 1.94 bits per heavy atom. The van der Waals surface area contributed by atoms with Crippen LogP contribution in [0.3, 0.4) is 0 Å². The van der Waals surface area contributed by atoms with Crippen molar-refractivity contribution in [3.8, 4) is 0 Å². The Hall–Kier alpha value is -0.0800. The van der Waals surface area contributed by atoms with Crippen molar-refractivity contribution < 1.29 is 0 Å². The Bertz CT molecular complexity index is 201. The lowest BCUT2D eigenvalue weighted by atomic mass is 10.1. The molecule has 0 heterocycles. The van der Waals surface area contributed by atoms with Crippen LogP contribution < -0.4 is 5.32 Å². The van der Waals surface area contributed by atoms with E-state index in [1.54, 1.807) is 0 Å². The Balaban J connectivity index is 2.43. The second-order valence-electron chi connectivity index (χ2n) is 6.85. The molecular formula is C16H34N2. The van der Waals surface area contributed by atoms with Gasteiger partial charge >= 0.3 is 0 Å². The van der Waals surface area contributed by atoms with Gasteiger partial charge in [0.2, 0.25) is 0 Å². The molecule has 0 aromatic rings. The van der Waals surface area contributed by atoms with Crippen LogP contribution in [-0.4, -0.2) is 37.1 Å². The van der Waals surface area contributed by atoms with Gasteiger partial charge in [-0.3, -0.25) is 0 Å². The number of hydrogen-bond donors (Lipinski definition) is 1. The SMILES string of the molecule is CNC1CCC(N(CCC(C)C)CCC(C)C)C1. The molecule has 108 valence electrons. The molecule has 2 nitrogen and oxygen atoms in total. The molecule has 0 saturated heterocycles. The summed E-state index contributed by atoms with van der Waals surface area (Å²) in [5, 5.41) is 3.45. The van der Waals surface area contributed by atoms with Gasteiger partial charge in [-0.05, 0) is 64.1 Å². The van der Waals surface area contributed by atoms with Crippen LogP contribution >= 0.6 is 0 Å². The van der Waals surface area contributed by atoms with Gasteiger partial charge in [-0.1, -0.05) is 27.7 Å². The number of hydrogen-bond acceptors (Lipinski definition) is 2. The largest absolute Gasteiger partial charge is 0.317 e. The van der Waals surface area contributed by atoms with E-state index in [-0.39, 0.29) is 0 Å². The third-order valence-corrected chi connectivity index (χ3v) is 4.32. The van der Waals surface area contributed by atoms with Crippen LogP contribution in [0.5, 0.6) is 0 Å². The molecule has 1 rings (SSSR count). The molecule has 1 N–H and O–H groups in total. The van der Waals surface area contributed by atoms with E-state index in [1.165, 1.54) is 45.2 Å². The van der Waals surface area contributed by atoms with E-state index < -0.39 is 0 Å². The summed E-state index contributed by atoms with van der Waals surface area (Å²) >= 11 is 0. The molecule has 0 radical (unpaired) electrons. The summed E-state index contributed by atoms with van der Waals surface area (Å²) in [7, 11) is 2.11. The molecule has 0 bridgehead atoms. The lowest BCUT2D eigenvalue weighted by Gasteiger charge is -2.30. The van der Waals surface area contributed by atoms with E-state index >= 15 is 0 Å². The van der Waals surface area contributed by atoms with Gasteiger partial charge in [-0.15, -0.1) is 0 Å². The van der Waals surface area contributed by atoms with Gasteiger partial charge in [-0.2, -0.15) is 0 Å². The van der Waals surface area contributed by atoms with Crippen molar-refractivity contribution >= 4 is 0 Å². The van der Waals surface area contributed by atoms with E-state index in [2.05, 4.69) is 45.0 Å². The molecule has 0 aliphatic heterocycles. The van der Waals surface area contributed by atoms with Gasteiger partial charge in [-0.25, -0.2) is 0 Å². The maximum atomic E-state index is 3.45. The van der Waals surface area contributed by atoms with Gasteiger partial charge in [0.05, 0.1) is 0 Å². The van der Waals surface area contributed by atoms with E-state index in [9.17, 15) is 0 Å². The number of rotatable bonds is 8. The smallest absolute Gasteiger partial charge is 0.0111 e. The first-order valence-electron chi connectivity index (χ1n) is 7.94.